The molecule has 0 aromatic carbocycles. The molecule has 0 radical (unpaired) electrons. The van der Waals surface area contributed by atoms with E-state index < -0.39 is 8.69 Å². The first-order chi connectivity index (χ1) is 1.41. The molecule has 0 amide bonds. The molecule has 0 saturated carbocycles. The Kier molecular flexibility index (Phi) is 119. The molecule has 0 fully saturated rings. The highest BCUT2D eigenvalue weighted by Crippen LogP contribution is 1.66. The maximum absolute atomic E-state index is 8.57. The Morgan fingerprint density at radius 2 is 1.60 bits per heavy atom. The minimum atomic E-state index is -1.50. The van der Waals surface area contributed by atoms with Crippen LogP contribution in [0.4, 0.5) is 0 Å². The standard InChI is InChI=1S/CH4.H3N.H3O2P/c;;1-3-2/h1H4;1H3;3H2,(H,1,2). The summed E-state index contributed by atoms with van der Waals surface area (Å²) in [5.41, 5.74) is 0. The third-order valence-electron chi connectivity index (χ3n) is 0. The van der Waals surface area contributed by atoms with E-state index in [9.17, 15) is 0 Å². The quantitative estimate of drug-likeness (QED) is 0.433. The van der Waals surface area contributed by atoms with E-state index >= 15 is 0 Å². The SMILES string of the molecule is C.N.O=[PH2]O. The van der Waals surface area contributed by atoms with Gasteiger partial charge in [0.2, 0.25) is 0 Å². The highest BCUT2D eigenvalue weighted by molar-refractivity contribution is 7.16. The van der Waals surface area contributed by atoms with Crippen LogP contribution in [-0.2, 0) is 4.57 Å². The van der Waals surface area contributed by atoms with Crippen molar-refractivity contribution in [2.75, 3.05) is 0 Å². The molecular formula is CH10NO2P. The molecule has 0 aliphatic rings. The molecule has 36 valence electrons. The van der Waals surface area contributed by atoms with Gasteiger partial charge in [-0.05, 0) is 0 Å². The summed E-state index contributed by atoms with van der Waals surface area (Å²) in [4.78, 5) is 7.10. The Morgan fingerprint density at radius 3 is 1.60 bits per heavy atom. The molecule has 4 N–H and O–H groups in total. The lowest BCUT2D eigenvalue weighted by Gasteiger charge is -1.33. The van der Waals surface area contributed by atoms with E-state index in [-0.39, 0.29) is 13.6 Å². The lowest BCUT2D eigenvalue weighted by atomic mass is 12.0. The lowest BCUT2D eigenvalue weighted by molar-refractivity contribution is 0.524. The van der Waals surface area contributed by atoms with Crippen LogP contribution in [-0.4, -0.2) is 4.89 Å². The van der Waals surface area contributed by atoms with Gasteiger partial charge in [-0.1, -0.05) is 7.43 Å². The molecule has 0 aromatic rings. The third kappa shape index (κ3) is 853. The van der Waals surface area contributed by atoms with Crippen LogP contribution in [0.25, 0.3) is 0 Å². The van der Waals surface area contributed by atoms with Crippen molar-refractivity contribution in [3.63, 3.8) is 0 Å². The first-order valence-corrected chi connectivity index (χ1v) is 1.48. The predicted octanol–water partition coefficient (Wildman–Crippen LogP) is 0.448. The van der Waals surface area contributed by atoms with Crippen LogP contribution in [0.15, 0.2) is 0 Å². The molecular weight excluding hydrogens is 89.0 g/mol. The summed E-state index contributed by atoms with van der Waals surface area (Å²) in [6.07, 6.45) is 0. The van der Waals surface area contributed by atoms with E-state index in [4.69, 9.17) is 9.46 Å². The fourth-order valence-corrected chi connectivity index (χ4v) is 0. The van der Waals surface area contributed by atoms with Crippen LogP contribution >= 0.6 is 8.69 Å². The molecule has 0 bridgehead atoms. The van der Waals surface area contributed by atoms with Crippen LogP contribution in [0.3, 0.4) is 0 Å². The zero-order valence-electron chi connectivity index (χ0n) is 2.14. The van der Waals surface area contributed by atoms with E-state index in [1.807, 2.05) is 0 Å². The number of hydrogen-bond donors (Lipinski definition) is 2. The van der Waals surface area contributed by atoms with E-state index in [1.165, 1.54) is 0 Å². The molecule has 1 atom stereocenters. The van der Waals surface area contributed by atoms with Gasteiger partial charge in [0.15, 0.2) is 8.69 Å². The van der Waals surface area contributed by atoms with Gasteiger partial charge in [-0.3, -0.25) is 4.57 Å². The maximum Gasteiger partial charge on any atom is 0.177 e. The van der Waals surface area contributed by atoms with Crippen molar-refractivity contribution in [2.24, 2.45) is 0 Å². The normalized spacial score (nSPS) is 5.80. The van der Waals surface area contributed by atoms with Gasteiger partial charge in [-0.2, -0.15) is 0 Å². The average molecular weight is 99.1 g/mol. The van der Waals surface area contributed by atoms with Crippen molar-refractivity contribution in [2.45, 2.75) is 7.43 Å². The van der Waals surface area contributed by atoms with Crippen LogP contribution in [0, 0.1) is 0 Å². The molecule has 0 saturated heterocycles. The van der Waals surface area contributed by atoms with Crippen molar-refractivity contribution in [3.05, 3.63) is 0 Å². The first-order valence-electron chi connectivity index (χ1n) is 0.494. The number of rotatable bonds is 0. The summed E-state index contributed by atoms with van der Waals surface area (Å²) >= 11 is 0. The minimum absolute atomic E-state index is 0. The predicted molar refractivity (Wildman–Crippen MR) is 24.4 cm³/mol. The van der Waals surface area contributed by atoms with Crippen molar-refractivity contribution in [1.29, 1.82) is 0 Å². The second kappa shape index (κ2) is 31.1. The summed E-state index contributed by atoms with van der Waals surface area (Å²) in [7, 11) is -1.50. The first kappa shape index (κ1) is 19.2. The van der Waals surface area contributed by atoms with Crippen LogP contribution in [0.5, 0.6) is 0 Å². The van der Waals surface area contributed by atoms with Crippen LogP contribution in [0.2, 0.25) is 0 Å². The molecule has 0 aromatic heterocycles. The second-order valence-electron chi connectivity index (χ2n) is 0.105. The Balaban J connectivity index is -0.0000000200. The van der Waals surface area contributed by atoms with Gasteiger partial charge in [0, 0.05) is 0 Å². The smallest absolute Gasteiger partial charge is 0.177 e. The van der Waals surface area contributed by atoms with Gasteiger partial charge in [0.05, 0.1) is 0 Å². The summed E-state index contributed by atoms with van der Waals surface area (Å²) in [5.74, 6) is 0. The van der Waals surface area contributed by atoms with Gasteiger partial charge in [-0.25, -0.2) is 0 Å². The van der Waals surface area contributed by atoms with E-state index in [0.29, 0.717) is 0 Å². The van der Waals surface area contributed by atoms with Gasteiger partial charge in [0.25, 0.3) is 0 Å². The monoisotopic (exact) mass is 99.0 g/mol. The van der Waals surface area contributed by atoms with Crippen molar-refractivity contribution < 1.29 is 9.46 Å². The summed E-state index contributed by atoms with van der Waals surface area (Å²) < 4.78 is 8.57. The van der Waals surface area contributed by atoms with Crippen molar-refractivity contribution in [1.82, 2.24) is 6.15 Å². The van der Waals surface area contributed by atoms with Gasteiger partial charge >= 0.3 is 0 Å². The zero-order chi connectivity index (χ0) is 2.71. The Labute approximate surface area is 32.9 Å². The van der Waals surface area contributed by atoms with Gasteiger partial charge in [0.1, 0.15) is 0 Å². The lowest BCUT2D eigenvalue weighted by Crippen LogP contribution is -1.03. The maximum atomic E-state index is 8.57. The Hall–Kier alpha value is 0.150. The van der Waals surface area contributed by atoms with Crippen LogP contribution < -0.4 is 6.15 Å². The molecule has 0 rings (SSSR count). The van der Waals surface area contributed by atoms with Gasteiger partial charge < -0.3 is 11.0 Å². The fraction of sp³-hybridized carbons (Fsp3) is 1.00. The summed E-state index contributed by atoms with van der Waals surface area (Å²) in [6, 6.07) is 0. The molecule has 1 unspecified atom stereocenters. The topological polar surface area (TPSA) is 72.3 Å². The second-order valence-corrected chi connectivity index (χ2v) is 0.316. The largest absolute Gasteiger partial charge is 0.348 e. The van der Waals surface area contributed by atoms with E-state index in [2.05, 4.69) is 0 Å². The molecule has 3 nitrogen and oxygen atoms in total. The van der Waals surface area contributed by atoms with Crippen molar-refractivity contribution >= 4 is 8.69 Å². The average Bonchev–Trinajstić information content (AvgIpc) is 0.918. The molecule has 0 aliphatic carbocycles. The molecule has 5 heavy (non-hydrogen) atoms. The Bertz CT molecular complexity index is 17.1. The highest BCUT2D eigenvalue weighted by atomic mass is 31.1. The summed E-state index contributed by atoms with van der Waals surface area (Å²) in [6.45, 7) is 0. The third-order valence-corrected chi connectivity index (χ3v) is 0. The van der Waals surface area contributed by atoms with Crippen LogP contribution in [0.1, 0.15) is 7.43 Å². The van der Waals surface area contributed by atoms with Crippen molar-refractivity contribution in [3.8, 4) is 0 Å². The fourth-order valence-electron chi connectivity index (χ4n) is 0. The molecule has 0 aliphatic heterocycles. The Morgan fingerprint density at radius 1 is 1.60 bits per heavy atom. The number of hydrogen-bond acceptors (Lipinski definition) is 2. The minimum Gasteiger partial charge on any atom is -0.348 e. The molecule has 0 spiro atoms. The molecule has 4 heteroatoms. The zero-order valence-corrected chi connectivity index (χ0v) is 3.29. The molecule has 0 heterocycles. The summed E-state index contributed by atoms with van der Waals surface area (Å²) in [5, 5.41) is 0. The highest BCUT2D eigenvalue weighted by Gasteiger charge is 1.17. The van der Waals surface area contributed by atoms with E-state index in [1.54, 1.807) is 0 Å². The van der Waals surface area contributed by atoms with E-state index in [0.717, 1.165) is 0 Å². The van der Waals surface area contributed by atoms with Gasteiger partial charge in [-0.15, -0.1) is 0 Å².